The SMILES string of the molecule is [U+2].[c-]1ccccc1-c1[c-]cccc1. The Morgan fingerprint density at radius 1 is 0.692 bits per heavy atom. The van der Waals surface area contributed by atoms with Crippen LogP contribution in [0.25, 0.3) is 11.1 Å². The Kier molecular flexibility index (Phi) is 4.29. The van der Waals surface area contributed by atoms with Gasteiger partial charge < -0.3 is 0 Å². The molecule has 0 saturated carbocycles. The molecule has 0 nitrogen and oxygen atoms in total. The summed E-state index contributed by atoms with van der Waals surface area (Å²) < 4.78 is 0. The Hall–Kier alpha value is -0.508. The van der Waals surface area contributed by atoms with E-state index >= 15 is 0 Å². The summed E-state index contributed by atoms with van der Waals surface area (Å²) in [6.07, 6.45) is 0. The smallest absolute Gasteiger partial charge is 0.226 e. The third-order valence-electron chi connectivity index (χ3n) is 1.71. The second-order valence-corrected chi connectivity index (χ2v) is 2.55. The van der Waals surface area contributed by atoms with E-state index in [1.807, 2.05) is 48.5 Å². The van der Waals surface area contributed by atoms with Crippen LogP contribution in [0.4, 0.5) is 0 Å². The van der Waals surface area contributed by atoms with Crippen LogP contribution in [0.1, 0.15) is 0 Å². The largest absolute Gasteiger partial charge is 2.00 e. The molecule has 0 N–H and O–H groups in total. The molecule has 0 saturated heterocycles. The van der Waals surface area contributed by atoms with Gasteiger partial charge in [0.1, 0.15) is 0 Å². The molecule has 0 unspecified atom stereocenters. The zero-order valence-electron chi connectivity index (χ0n) is 7.12. The van der Waals surface area contributed by atoms with Crippen LogP contribution >= 0.6 is 0 Å². The standard InChI is InChI=1S/C12H8.U/c1-3-7-11(8-4-1)12-9-5-2-6-10-12;/h1-7,9H;/q-2;+2. The van der Waals surface area contributed by atoms with Crippen molar-refractivity contribution >= 4 is 0 Å². The maximum Gasteiger partial charge on any atom is 2.00 e. The van der Waals surface area contributed by atoms with Crippen LogP contribution in [-0.4, -0.2) is 0 Å². The molecule has 0 amide bonds. The predicted octanol–water partition coefficient (Wildman–Crippen LogP) is 2.95. The van der Waals surface area contributed by atoms with E-state index in [1.165, 1.54) is 0 Å². The van der Waals surface area contributed by atoms with Crippen molar-refractivity contribution in [2.45, 2.75) is 0 Å². The minimum atomic E-state index is 0. The van der Waals surface area contributed by atoms with Crippen molar-refractivity contribution in [3.63, 3.8) is 0 Å². The molecule has 13 heavy (non-hydrogen) atoms. The van der Waals surface area contributed by atoms with Crippen molar-refractivity contribution in [2.75, 3.05) is 0 Å². The molecule has 0 radical (unpaired) electrons. The van der Waals surface area contributed by atoms with Gasteiger partial charge in [-0.3, -0.25) is 0 Å². The molecule has 0 aromatic heterocycles. The number of benzene rings is 2. The molecule has 60 valence electrons. The van der Waals surface area contributed by atoms with E-state index in [-0.39, 0.29) is 31.1 Å². The van der Waals surface area contributed by atoms with Crippen LogP contribution in [0, 0.1) is 43.2 Å². The molecule has 0 fully saturated rings. The summed E-state index contributed by atoms with van der Waals surface area (Å²) in [5, 5.41) is 0. The van der Waals surface area contributed by atoms with Gasteiger partial charge in [-0.05, 0) is 0 Å². The van der Waals surface area contributed by atoms with Crippen molar-refractivity contribution in [3.05, 3.63) is 60.7 Å². The molecule has 0 atom stereocenters. The molecule has 0 heterocycles. The fraction of sp³-hybridized carbons (Fsp3) is 0. The minimum Gasteiger partial charge on any atom is -0.226 e. The third-order valence-corrected chi connectivity index (χ3v) is 1.71. The van der Waals surface area contributed by atoms with Gasteiger partial charge in [-0.15, -0.1) is 12.1 Å². The van der Waals surface area contributed by atoms with E-state index < -0.39 is 0 Å². The van der Waals surface area contributed by atoms with Gasteiger partial charge in [-0.25, -0.2) is 11.1 Å². The Morgan fingerprint density at radius 3 is 1.46 bits per heavy atom. The van der Waals surface area contributed by atoms with Crippen LogP contribution in [0.3, 0.4) is 0 Å². The molecule has 1 heteroatoms. The number of rotatable bonds is 1. The topological polar surface area (TPSA) is 0 Å². The van der Waals surface area contributed by atoms with E-state index in [4.69, 9.17) is 0 Å². The van der Waals surface area contributed by atoms with Gasteiger partial charge >= 0.3 is 31.1 Å². The Labute approximate surface area is 102 Å². The molecule has 2 rings (SSSR count). The zero-order chi connectivity index (χ0) is 8.23. The van der Waals surface area contributed by atoms with Crippen LogP contribution in [0.5, 0.6) is 0 Å². The molecular weight excluding hydrogens is 382 g/mol. The van der Waals surface area contributed by atoms with Crippen molar-refractivity contribution in [2.24, 2.45) is 0 Å². The minimum absolute atomic E-state index is 0. The maximum absolute atomic E-state index is 3.15. The monoisotopic (exact) mass is 390 g/mol. The molecular formula is C12H8U. The first-order valence-corrected chi connectivity index (χ1v) is 3.90. The maximum atomic E-state index is 3.15. The van der Waals surface area contributed by atoms with Gasteiger partial charge in [-0.2, -0.15) is 48.5 Å². The molecule has 0 spiro atoms. The van der Waals surface area contributed by atoms with Gasteiger partial charge in [0.05, 0.1) is 0 Å². The van der Waals surface area contributed by atoms with Gasteiger partial charge in [0.25, 0.3) is 0 Å². The zero-order valence-corrected chi connectivity index (χ0v) is 11.3. The van der Waals surface area contributed by atoms with Gasteiger partial charge in [0, 0.05) is 0 Å². The predicted molar refractivity (Wildman–Crippen MR) is 49.6 cm³/mol. The summed E-state index contributed by atoms with van der Waals surface area (Å²) in [5.74, 6) is 0. The molecule has 0 aliphatic rings. The van der Waals surface area contributed by atoms with E-state index in [1.54, 1.807) is 0 Å². The number of hydrogen-bond donors (Lipinski definition) is 0. The van der Waals surface area contributed by atoms with Gasteiger partial charge in [0.2, 0.25) is 0 Å². The summed E-state index contributed by atoms with van der Waals surface area (Å²) >= 11 is 0. The van der Waals surface area contributed by atoms with E-state index in [2.05, 4.69) is 12.1 Å². The molecule has 2 aromatic rings. The van der Waals surface area contributed by atoms with Crippen molar-refractivity contribution < 1.29 is 31.1 Å². The summed E-state index contributed by atoms with van der Waals surface area (Å²) in [7, 11) is 0. The van der Waals surface area contributed by atoms with E-state index in [9.17, 15) is 0 Å². The van der Waals surface area contributed by atoms with Gasteiger partial charge in [0.15, 0.2) is 0 Å². The van der Waals surface area contributed by atoms with Crippen molar-refractivity contribution in [1.29, 1.82) is 0 Å². The van der Waals surface area contributed by atoms with Crippen molar-refractivity contribution in [3.8, 4) is 11.1 Å². The van der Waals surface area contributed by atoms with Gasteiger partial charge in [-0.1, -0.05) is 0 Å². The van der Waals surface area contributed by atoms with E-state index in [0.717, 1.165) is 11.1 Å². The van der Waals surface area contributed by atoms with Crippen LogP contribution in [0.15, 0.2) is 48.5 Å². The summed E-state index contributed by atoms with van der Waals surface area (Å²) in [6.45, 7) is 0. The average Bonchev–Trinajstić information content (AvgIpc) is 2.21. The van der Waals surface area contributed by atoms with Crippen molar-refractivity contribution in [1.82, 2.24) is 0 Å². The molecule has 0 bridgehead atoms. The fourth-order valence-corrected chi connectivity index (χ4v) is 1.12. The van der Waals surface area contributed by atoms with E-state index in [0.29, 0.717) is 0 Å². The molecule has 0 aliphatic carbocycles. The second-order valence-electron chi connectivity index (χ2n) is 2.55. The summed E-state index contributed by atoms with van der Waals surface area (Å²) in [4.78, 5) is 0. The Morgan fingerprint density at radius 2 is 1.15 bits per heavy atom. The first kappa shape index (κ1) is 10.6. The van der Waals surface area contributed by atoms with Crippen LogP contribution in [-0.2, 0) is 0 Å². The average molecular weight is 390 g/mol. The third kappa shape index (κ3) is 2.73. The first-order chi connectivity index (χ1) is 5.97. The second kappa shape index (κ2) is 5.27. The fourth-order valence-electron chi connectivity index (χ4n) is 1.12. The summed E-state index contributed by atoms with van der Waals surface area (Å²) in [6, 6.07) is 22.1. The Balaban J connectivity index is 0.000000845. The van der Waals surface area contributed by atoms with Crippen LogP contribution < -0.4 is 0 Å². The first-order valence-electron chi connectivity index (χ1n) is 3.90. The molecule has 0 aliphatic heterocycles. The quantitative estimate of drug-likeness (QED) is 0.657. The van der Waals surface area contributed by atoms with Crippen LogP contribution in [0.2, 0.25) is 0 Å². The number of hydrogen-bond acceptors (Lipinski definition) is 0. The normalized spacial score (nSPS) is 8.92. The molecule has 2 aromatic carbocycles. The summed E-state index contributed by atoms with van der Waals surface area (Å²) in [5.41, 5.74) is 2.19. The Bertz CT molecular complexity index is 303.